The van der Waals surface area contributed by atoms with Crippen LogP contribution in [0, 0.1) is 0 Å². The van der Waals surface area contributed by atoms with Crippen molar-refractivity contribution in [3.63, 3.8) is 0 Å². The molecule has 0 radical (unpaired) electrons. The number of nitrogens with zero attached hydrogens (tertiary/aromatic N) is 3. The van der Waals surface area contributed by atoms with Gasteiger partial charge in [0.05, 0.1) is 10.9 Å². The maximum atomic E-state index is 13.2. The van der Waals surface area contributed by atoms with E-state index < -0.39 is 17.6 Å². The van der Waals surface area contributed by atoms with Crippen molar-refractivity contribution < 1.29 is 18.0 Å². The van der Waals surface area contributed by atoms with Crippen LogP contribution in [0.5, 0.6) is 0 Å². The van der Waals surface area contributed by atoms with Gasteiger partial charge < -0.3 is 4.90 Å². The van der Waals surface area contributed by atoms with Crippen molar-refractivity contribution in [2.75, 3.05) is 11.4 Å². The van der Waals surface area contributed by atoms with Gasteiger partial charge in [-0.2, -0.15) is 18.3 Å². The normalized spacial score (nSPS) is 14.2. The van der Waals surface area contributed by atoms with Gasteiger partial charge in [0.15, 0.2) is 5.69 Å². The molecule has 0 atom stereocenters. The number of rotatable bonds is 1. The number of alkyl halides is 3. The molecule has 144 valence electrons. The largest absolute Gasteiger partial charge is 0.416 e. The average Bonchev–Trinajstić information content (AvgIpc) is 2.68. The van der Waals surface area contributed by atoms with Crippen molar-refractivity contribution in [1.29, 1.82) is 0 Å². The van der Waals surface area contributed by atoms with Gasteiger partial charge in [-0.15, -0.1) is 0 Å². The van der Waals surface area contributed by atoms with Crippen molar-refractivity contribution in [3.05, 3.63) is 69.6 Å². The molecule has 3 aromatic rings. The van der Waals surface area contributed by atoms with Crippen LogP contribution in [-0.2, 0) is 19.6 Å². The van der Waals surface area contributed by atoms with E-state index in [9.17, 15) is 22.8 Å². The number of fused-ring (bicyclic) bond motifs is 2. The lowest BCUT2D eigenvalue weighted by atomic mass is 9.98. The molecule has 0 spiro atoms. The van der Waals surface area contributed by atoms with Gasteiger partial charge in [-0.05, 0) is 42.7 Å². The van der Waals surface area contributed by atoms with Gasteiger partial charge in [-0.25, -0.2) is 4.68 Å². The number of benzene rings is 2. The lowest BCUT2D eigenvalue weighted by Crippen LogP contribution is -2.37. The number of carbonyl (C=O) groups excluding carboxylic acids is 1. The minimum atomic E-state index is -4.43. The minimum absolute atomic E-state index is 0.102. The zero-order valence-corrected chi connectivity index (χ0v) is 15.0. The Balaban J connectivity index is 1.82. The molecule has 5 nitrogen and oxygen atoms in total. The summed E-state index contributed by atoms with van der Waals surface area (Å²) in [5.41, 5.74) is -0.0229. The third kappa shape index (κ3) is 2.94. The molecule has 2 aromatic carbocycles. The molecule has 1 aromatic heterocycles. The molecule has 1 amide bonds. The van der Waals surface area contributed by atoms with Crippen molar-refractivity contribution in [2.24, 2.45) is 7.05 Å². The highest BCUT2D eigenvalue weighted by atomic mass is 19.4. The third-order valence-corrected chi connectivity index (χ3v) is 4.93. The molecule has 0 unspecified atom stereocenters. The first kappa shape index (κ1) is 18.2. The van der Waals surface area contributed by atoms with Gasteiger partial charge in [0, 0.05) is 24.7 Å². The number of amides is 1. The molecule has 1 aliphatic rings. The van der Waals surface area contributed by atoms with Gasteiger partial charge >= 0.3 is 6.18 Å². The fourth-order valence-corrected chi connectivity index (χ4v) is 3.57. The average molecular weight is 387 g/mol. The van der Waals surface area contributed by atoms with E-state index in [2.05, 4.69) is 5.10 Å². The Morgan fingerprint density at radius 2 is 1.82 bits per heavy atom. The Labute approximate surface area is 158 Å². The number of carbonyl (C=O) groups is 1. The Kier molecular flexibility index (Phi) is 4.21. The van der Waals surface area contributed by atoms with Crippen molar-refractivity contribution in [1.82, 2.24) is 9.78 Å². The molecule has 0 N–H and O–H groups in total. The predicted molar refractivity (Wildman–Crippen MR) is 98.4 cm³/mol. The standard InChI is InChI=1S/C20H16F3N3O2/c1-25-18(27)15-7-3-2-6-14(15)17(24-25)19(28)26-10-4-5-12-11-13(20(21,22)23)8-9-16(12)26/h2-3,6-9,11H,4-5,10H2,1H3. The lowest BCUT2D eigenvalue weighted by molar-refractivity contribution is -0.137. The number of halogens is 3. The molecule has 4 rings (SSSR count). The van der Waals surface area contributed by atoms with E-state index in [1.807, 2.05) is 0 Å². The SMILES string of the molecule is Cn1nc(C(=O)N2CCCc3cc(C(F)(F)F)ccc32)c2ccccc2c1=O. The molecule has 8 heteroatoms. The fourth-order valence-electron chi connectivity index (χ4n) is 3.57. The second kappa shape index (κ2) is 6.47. The molecule has 0 bridgehead atoms. The summed E-state index contributed by atoms with van der Waals surface area (Å²) >= 11 is 0. The molecule has 0 saturated carbocycles. The second-order valence-corrected chi connectivity index (χ2v) is 6.72. The summed E-state index contributed by atoms with van der Waals surface area (Å²) in [6.45, 7) is 0.371. The van der Waals surface area contributed by atoms with Crippen LogP contribution >= 0.6 is 0 Å². The van der Waals surface area contributed by atoms with E-state index in [1.54, 1.807) is 24.3 Å². The molecule has 1 aliphatic heterocycles. The minimum Gasteiger partial charge on any atom is -0.307 e. The second-order valence-electron chi connectivity index (χ2n) is 6.72. The molecule has 0 aliphatic carbocycles. The molecular formula is C20H16F3N3O2. The predicted octanol–water partition coefficient (Wildman–Crippen LogP) is 3.55. The number of hydrogen-bond donors (Lipinski definition) is 0. The van der Waals surface area contributed by atoms with Crippen LogP contribution < -0.4 is 10.5 Å². The van der Waals surface area contributed by atoms with Gasteiger partial charge in [0.25, 0.3) is 11.5 Å². The number of aromatic nitrogens is 2. The molecule has 2 heterocycles. The van der Waals surface area contributed by atoms with Crippen molar-refractivity contribution in [3.8, 4) is 0 Å². The number of hydrogen-bond acceptors (Lipinski definition) is 3. The van der Waals surface area contributed by atoms with Crippen LogP contribution in [-0.4, -0.2) is 22.2 Å². The first-order valence-corrected chi connectivity index (χ1v) is 8.75. The van der Waals surface area contributed by atoms with E-state index in [0.29, 0.717) is 41.4 Å². The fraction of sp³-hybridized carbons (Fsp3) is 0.250. The van der Waals surface area contributed by atoms with E-state index >= 15 is 0 Å². The van der Waals surface area contributed by atoms with Crippen LogP contribution in [0.25, 0.3) is 10.8 Å². The van der Waals surface area contributed by atoms with E-state index in [-0.39, 0.29) is 11.3 Å². The van der Waals surface area contributed by atoms with Crippen LogP contribution in [0.4, 0.5) is 18.9 Å². The number of aryl methyl sites for hydroxylation is 2. The summed E-state index contributed by atoms with van der Waals surface area (Å²) in [5.74, 6) is -0.437. The smallest absolute Gasteiger partial charge is 0.307 e. The van der Waals surface area contributed by atoms with E-state index in [4.69, 9.17) is 0 Å². The van der Waals surface area contributed by atoms with Crippen LogP contribution in [0.3, 0.4) is 0 Å². The monoisotopic (exact) mass is 387 g/mol. The highest BCUT2D eigenvalue weighted by molar-refractivity contribution is 6.12. The summed E-state index contributed by atoms with van der Waals surface area (Å²) in [6, 6.07) is 10.1. The first-order chi connectivity index (χ1) is 13.3. The van der Waals surface area contributed by atoms with E-state index in [1.165, 1.54) is 18.0 Å². The van der Waals surface area contributed by atoms with Crippen molar-refractivity contribution in [2.45, 2.75) is 19.0 Å². The molecule has 28 heavy (non-hydrogen) atoms. The number of anilines is 1. The summed E-state index contributed by atoms with van der Waals surface area (Å²) in [4.78, 5) is 27.0. The Morgan fingerprint density at radius 1 is 1.11 bits per heavy atom. The zero-order valence-electron chi connectivity index (χ0n) is 15.0. The molecule has 0 saturated heterocycles. The van der Waals surface area contributed by atoms with Gasteiger partial charge in [0.2, 0.25) is 0 Å². The third-order valence-electron chi connectivity index (χ3n) is 4.93. The summed E-state index contributed by atoms with van der Waals surface area (Å²) in [6.07, 6.45) is -3.43. The molecule has 0 fully saturated rings. The van der Waals surface area contributed by atoms with Gasteiger partial charge in [-0.1, -0.05) is 18.2 Å². The van der Waals surface area contributed by atoms with E-state index in [0.717, 1.165) is 16.8 Å². The highest BCUT2D eigenvalue weighted by Crippen LogP contribution is 2.35. The van der Waals surface area contributed by atoms with Gasteiger partial charge in [-0.3, -0.25) is 9.59 Å². The zero-order chi connectivity index (χ0) is 20.1. The molecular weight excluding hydrogens is 371 g/mol. The Morgan fingerprint density at radius 3 is 2.54 bits per heavy atom. The topological polar surface area (TPSA) is 55.2 Å². The van der Waals surface area contributed by atoms with Crippen LogP contribution in [0.1, 0.15) is 28.0 Å². The quantitative estimate of drug-likeness (QED) is 0.642. The maximum Gasteiger partial charge on any atom is 0.416 e. The Bertz CT molecular complexity index is 1150. The first-order valence-electron chi connectivity index (χ1n) is 8.75. The summed E-state index contributed by atoms with van der Waals surface area (Å²) in [5, 5.41) is 4.93. The van der Waals surface area contributed by atoms with Gasteiger partial charge in [0.1, 0.15) is 0 Å². The Hall–Kier alpha value is -3.16. The highest BCUT2D eigenvalue weighted by Gasteiger charge is 2.33. The summed E-state index contributed by atoms with van der Waals surface area (Å²) in [7, 11) is 1.46. The maximum absolute atomic E-state index is 13.2. The summed E-state index contributed by atoms with van der Waals surface area (Å²) < 4.78 is 40.1. The lowest BCUT2D eigenvalue weighted by Gasteiger charge is -2.30. The van der Waals surface area contributed by atoms with Crippen LogP contribution in [0.15, 0.2) is 47.3 Å². The van der Waals surface area contributed by atoms with Crippen molar-refractivity contribution >= 4 is 22.4 Å². The van der Waals surface area contributed by atoms with Crippen LogP contribution in [0.2, 0.25) is 0 Å².